The molecule has 0 fully saturated rings. The van der Waals surface area contributed by atoms with E-state index in [2.05, 4.69) is 15.8 Å². The van der Waals surface area contributed by atoms with Crippen molar-refractivity contribution in [1.82, 2.24) is 5.43 Å². The molecule has 4 rings (SSSR count). The van der Waals surface area contributed by atoms with E-state index in [1.165, 1.54) is 6.26 Å². The number of nitrogens with one attached hydrogen (secondary N) is 2. The molecule has 1 aliphatic rings. The lowest BCUT2D eigenvalue weighted by molar-refractivity contribution is 0.0952. The number of furan rings is 2. The number of ether oxygens (including phenoxy) is 1. The van der Waals surface area contributed by atoms with Crippen LogP contribution in [0.3, 0.4) is 0 Å². The van der Waals surface area contributed by atoms with Crippen molar-refractivity contribution in [2.75, 3.05) is 11.9 Å². The zero-order valence-corrected chi connectivity index (χ0v) is 18.3. The Balaban J connectivity index is 1.58. The summed E-state index contributed by atoms with van der Waals surface area (Å²) < 4.78 is 16.7. The fourth-order valence-electron chi connectivity index (χ4n) is 3.83. The van der Waals surface area contributed by atoms with Crippen LogP contribution in [-0.4, -0.2) is 24.1 Å². The Bertz CT molecular complexity index is 1190. The first-order chi connectivity index (χ1) is 15.5. The van der Waals surface area contributed by atoms with Gasteiger partial charge in [0.1, 0.15) is 17.3 Å². The van der Waals surface area contributed by atoms with E-state index in [0.29, 0.717) is 59.2 Å². The van der Waals surface area contributed by atoms with E-state index in [-0.39, 0.29) is 17.6 Å². The van der Waals surface area contributed by atoms with Gasteiger partial charge in [-0.1, -0.05) is 12.1 Å². The molecule has 0 unspecified atom stereocenters. The molecule has 32 heavy (non-hydrogen) atoms. The lowest BCUT2D eigenvalue weighted by Gasteiger charge is -2.13. The van der Waals surface area contributed by atoms with Gasteiger partial charge >= 0.3 is 0 Å². The Morgan fingerprint density at radius 1 is 1.12 bits per heavy atom. The minimum absolute atomic E-state index is 0.230. The standard InChI is InChI=1S/C24H25N3O5/c1-4-30-19-10-6-5-8-17(19)25-24(29)22-14(2)21-18(9-7-11-20(21)32-22)26-27-23(28)16-12-13-31-15(16)3/h5-6,8,10,12-13H,4,7,9,11H2,1-3H3,(H,25,29)(H,27,28)/b26-18+. The molecule has 0 saturated carbocycles. The maximum atomic E-state index is 13.0. The van der Waals surface area contributed by atoms with Gasteiger partial charge in [-0.3, -0.25) is 9.59 Å². The van der Waals surface area contributed by atoms with Crippen molar-refractivity contribution >= 4 is 23.2 Å². The molecule has 2 N–H and O–H groups in total. The Kier molecular flexibility index (Phi) is 6.11. The number of aryl methyl sites for hydroxylation is 2. The number of rotatable bonds is 6. The van der Waals surface area contributed by atoms with E-state index in [9.17, 15) is 9.59 Å². The second-order valence-corrected chi connectivity index (χ2v) is 7.48. The molecule has 3 aromatic rings. The minimum atomic E-state index is -0.360. The van der Waals surface area contributed by atoms with Gasteiger partial charge in [-0.2, -0.15) is 5.10 Å². The van der Waals surface area contributed by atoms with Crippen molar-refractivity contribution in [3.05, 3.63) is 70.6 Å². The van der Waals surface area contributed by atoms with E-state index >= 15 is 0 Å². The number of para-hydroxylation sites is 2. The molecule has 0 aliphatic heterocycles. The molecule has 166 valence electrons. The highest BCUT2D eigenvalue weighted by molar-refractivity contribution is 6.10. The van der Waals surface area contributed by atoms with Crippen molar-refractivity contribution in [3.63, 3.8) is 0 Å². The van der Waals surface area contributed by atoms with Crippen molar-refractivity contribution in [1.29, 1.82) is 0 Å². The van der Waals surface area contributed by atoms with Gasteiger partial charge < -0.3 is 18.9 Å². The summed E-state index contributed by atoms with van der Waals surface area (Å²) in [6.07, 6.45) is 3.65. The number of hydrogen-bond acceptors (Lipinski definition) is 6. The van der Waals surface area contributed by atoms with Crippen LogP contribution in [-0.2, 0) is 6.42 Å². The average Bonchev–Trinajstić information content (AvgIpc) is 3.37. The Hall–Kier alpha value is -3.81. The first-order valence-electron chi connectivity index (χ1n) is 10.6. The van der Waals surface area contributed by atoms with E-state index < -0.39 is 0 Å². The molecule has 8 heteroatoms. The van der Waals surface area contributed by atoms with Gasteiger partial charge in [-0.25, -0.2) is 5.43 Å². The molecule has 2 amide bonds. The average molecular weight is 435 g/mol. The summed E-state index contributed by atoms with van der Waals surface area (Å²) in [7, 11) is 0. The number of nitrogens with zero attached hydrogens (tertiary/aromatic N) is 1. The van der Waals surface area contributed by atoms with Gasteiger partial charge in [-0.05, 0) is 51.8 Å². The van der Waals surface area contributed by atoms with Crippen LogP contribution >= 0.6 is 0 Å². The molecule has 1 aliphatic carbocycles. The molecule has 2 heterocycles. The third-order valence-corrected chi connectivity index (χ3v) is 5.36. The van der Waals surface area contributed by atoms with E-state index in [1.807, 2.05) is 26.0 Å². The van der Waals surface area contributed by atoms with Gasteiger partial charge in [0.2, 0.25) is 0 Å². The normalized spacial score (nSPS) is 14.2. The minimum Gasteiger partial charge on any atom is -0.492 e. The second kappa shape index (κ2) is 9.13. The smallest absolute Gasteiger partial charge is 0.291 e. The Labute approximate surface area is 185 Å². The van der Waals surface area contributed by atoms with Crippen LogP contribution < -0.4 is 15.5 Å². The predicted octanol–water partition coefficient (Wildman–Crippen LogP) is 4.61. The zero-order valence-electron chi connectivity index (χ0n) is 18.3. The first-order valence-corrected chi connectivity index (χ1v) is 10.6. The van der Waals surface area contributed by atoms with E-state index in [4.69, 9.17) is 13.6 Å². The lowest BCUT2D eigenvalue weighted by atomic mass is 9.93. The first kappa shape index (κ1) is 21.4. The van der Waals surface area contributed by atoms with E-state index in [0.717, 1.165) is 12.0 Å². The molecule has 0 spiro atoms. The van der Waals surface area contributed by atoms with Crippen molar-refractivity contribution in [2.24, 2.45) is 5.10 Å². The zero-order chi connectivity index (χ0) is 22.7. The molecule has 0 saturated heterocycles. The molecular weight excluding hydrogens is 410 g/mol. The molecule has 1 aromatic carbocycles. The van der Waals surface area contributed by atoms with E-state index in [1.54, 1.807) is 25.1 Å². The fraction of sp³-hybridized carbons (Fsp3) is 0.292. The number of benzene rings is 1. The Morgan fingerprint density at radius 2 is 1.94 bits per heavy atom. The number of fused-ring (bicyclic) bond motifs is 1. The summed E-state index contributed by atoms with van der Waals surface area (Å²) in [5, 5.41) is 7.21. The van der Waals surface area contributed by atoms with Crippen LogP contribution in [0.5, 0.6) is 5.75 Å². The summed E-state index contributed by atoms with van der Waals surface area (Å²) in [5.41, 5.74) is 5.77. The van der Waals surface area contributed by atoms with Gasteiger partial charge in [-0.15, -0.1) is 0 Å². The quantitative estimate of drug-likeness (QED) is 0.550. The predicted molar refractivity (Wildman–Crippen MR) is 119 cm³/mol. The second-order valence-electron chi connectivity index (χ2n) is 7.48. The van der Waals surface area contributed by atoms with Crippen LogP contribution in [0.1, 0.15) is 63.3 Å². The summed E-state index contributed by atoms with van der Waals surface area (Å²) >= 11 is 0. The fourth-order valence-corrected chi connectivity index (χ4v) is 3.83. The molecule has 0 radical (unpaired) electrons. The SMILES string of the molecule is CCOc1ccccc1NC(=O)c1oc2c(c1C)/C(=N/NC(=O)c1ccoc1C)CCC2. The number of carbonyl (C=O) groups excluding carboxylic acids is 2. The molecule has 8 nitrogen and oxygen atoms in total. The molecular formula is C24H25N3O5. The summed E-state index contributed by atoms with van der Waals surface area (Å²) in [4.78, 5) is 25.4. The number of carbonyl (C=O) groups is 2. The highest BCUT2D eigenvalue weighted by atomic mass is 16.5. The van der Waals surface area contributed by atoms with Crippen molar-refractivity contribution < 1.29 is 23.2 Å². The van der Waals surface area contributed by atoms with Crippen molar-refractivity contribution in [3.8, 4) is 5.75 Å². The maximum Gasteiger partial charge on any atom is 0.291 e. The van der Waals surface area contributed by atoms with Gasteiger partial charge in [0.15, 0.2) is 5.76 Å². The largest absolute Gasteiger partial charge is 0.492 e. The number of hydrogen-bond donors (Lipinski definition) is 2. The number of amides is 2. The maximum absolute atomic E-state index is 13.0. The van der Waals surface area contributed by atoms with Crippen molar-refractivity contribution in [2.45, 2.75) is 40.0 Å². The van der Waals surface area contributed by atoms with Gasteiger partial charge in [0, 0.05) is 17.5 Å². The third kappa shape index (κ3) is 4.16. The summed E-state index contributed by atoms with van der Waals surface area (Å²) in [6.45, 7) is 5.92. The topological polar surface area (TPSA) is 106 Å². The molecule has 0 atom stereocenters. The van der Waals surface area contributed by atoms with Crippen LogP contribution in [0.2, 0.25) is 0 Å². The highest BCUT2D eigenvalue weighted by Gasteiger charge is 2.28. The highest BCUT2D eigenvalue weighted by Crippen LogP contribution is 2.31. The van der Waals surface area contributed by atoms with Crippen LogP contribution in [0.25, 0.3) is 0 Å². The monoisotopic (exact) mass is 435 g/mol. The number of hydrazone groups is 1. The van der Waals surface area contributed by atoms with Gasteiger partial charge in [0.25, 0.3) is 11.8 Å². The lowest BCUT2D eigenvalue weighted by Crippen LogP contribution is -2.22. The van der Waals surface area contributed by atoms with Crippen LogP contribution in [0, 0.1) is 13.8 Å². The van der Waals surface area contributed by atoms with Crippen LogP contribution in [0.15, 0.2) is 50.5 Å². The molecule has 2 aromatic heterocycles. The van der Waals surface area contributed by atoms with Crippen LogP contribution in [0.4, 0.5) is 5.69 Å². The summed E-state index contributed by atoms with van der Waals surface area (Å²) in [5.74, 6) is 1.34. The third-order valence-electron chi connectivity index (χ3n) is 5.36. The summed E-state index contributed by atoms with van der Waals surface area (Å²) in [6, 6.07) is 8.85. The number of anilines is 1. The Morgan fingerprint density at radius 3 is 2.69 bits per heavy atom. The van der Waals surface area contributed by atoms with Gasteiger partial charge in [0.05, 0.1) is 29.8 Å². The molecule has 0 bridgehead atoms.